The first kappa shape index (κ1) is 17.9. The molecule has 0 spiro atoms. The minimum Gasteiger partial charge on any atom is -0.422 e. The molecule has 2 fully saturated rings. The highest BCUT2D eigenvalue weighted by molar-refractivity contribution is 6.23. The van der Waals surface area contributed by atoms with Gasteiger partial charge < -0.3 is 4.74 Å². The molecule has 29 heavy (non-hydrogen) atoms. The number of carbonyl (C=O) groups is 3. The fraction of sp³-hybridized carbons (Fsp3) is 0.292. The molecule has 5 rings (SSSR count). The van der Waals surface area contributed by atoms with Gasteiger partial charge in [-0.15, -0.1) is 0 Å². The molecular weight excluding hydrogens is 366 g/mol. The van der Waals surface area contributed by atoms with Crippen molar-refractivity contribution in [3.63, 3.8) is 0 Å². The van der Waals surface area contributed by atoms with Gasteiger partial charge in [0.25, 0.3) is 0 Å². The van der Waals surface area contributed by atoms with Gasteiger partial charge in [-0.2, -0.15) is 0 Å². The van der Waals surface area contributed by atoms with Gasteiger partial charge in [-0.05, 0) is 61.4 Å². The Hall–Kier alpha value is -3.21. The van der Waals surface area contributed by atoms with Crippen LogP contribution in [0, 0.1) is 37.5 Å². The van der Waals surface area contributed by atoms with Gasteiger partial charge in [-0.25, -0.2) is 9.69 Å². The molecule has 0 aromatic heterocycles. The predicted molar refractivity (Wildman–Crippen MR) is 108 cm³/mol. The van der Waals surface area contributed by atoms with E-state index in [1.807, 2.05) is 32.0 Å². The number of anilines is 1. The highest BCUT2D eigenvalue weighted by atomic mass is 16.5. The third-order valence-corrected chi connectivity index (χ3v) is 6.41. The predicted octanol–water partition coefficient (Wildman–Crippen LogP) is 3.83. The number of allylic oxidation sites excluding steroid dienone is 2. The second-order valence-corrected chi connectivity index (χ2v) is 8.17. The Morgan fingerprint density at radius 1 is 0.931 bits per heavy atom. The van der Waals surface area contributed by atoms with E-state index < -0.39 is 5.97 Å². The zero-order valence-corrected chi connectivity index (χ0v) is 16.3. The molecule has 1 aliphatic heterocycles. The molecule has 5 heteroatoms. The number of esters is 1. The number of nitrogens with zero attached hydrogens (tertiary/aromatic N) is 1. The van der Waals surface area contributed by atoms with E-state index >= 15 is 0 Å². The van der Waals surface area contributed by atoms with Crippen LogP contribution in [0.3, 0.4) is 0 Å². The molecule has 4 atom stereocenters. The zero-order valence-electron chi connectivity index (χ0n) is 16.3. The summed E-state index contributed by atoms with van der Waals surface area (Å²) in [5.41, 5.74) is 2.49. The number of para-hydroxylation sites is 1. The highest BCUT2D eigenvalue weighted by Gasteiger charge is 2.59. The average molecular weight is 387 g/mol. The van der Waals surface area contributed by atoms with Crippen LogP contribution in [0.15, 0.2) is 54.6 Å². The number of hydrogen-bond acceptors (Lipinski definition) is 4. The molecule has 2 aliphatic carbocycles. The summed E-state index contributed by atoms with van der Waals surface area (Å²) in [5.74, 6) is -0.495. The van der Waals surface area contributed by atoms with Crippen molar-refractivity contribution in [2.24, 2.45) is 23.7 Å². The standard InChI is InChI=1S/C24H21NO4/c1-13-5-3-6-14(2)21(13)29-24(28)17-7-4-8-18(12-17)25-22(26)19-15-9-10-16(11-15)20(19)23(25)27/h3-10,12,15-16,19-20H,11H2,1-2H3/t15-,16-,19-,20-/m0/s1. The second-order valence-electron chi connectivity index (χ2n) is 8.17. The first-order valence-corrected chi connectivity index (χ1v) is 9.90. The van der Waals surface area contributed by atoms with E-state index in [9.17, 15) is 14.4 Å². The van der Waals surface area contributed by atoms with E-state index in [1.165, 1.54) is 4.90 Å². The van der Waals surface area contributed by atoms with Crippen molar-refractivity contribution < 1.29 is 19.1 Å². The van der Waals surface area contributed by atoms with Crippen molar-refractivity contribution >= 4 is 23.5 Å². The van der Waals surface area contributed by atoms with E-state index in [-0.39, 0.29) is 35.5 Å². The average Bonchev–Trinajstić information content (AvgIpc) is 3.38. The molecule has 2 bridgehead atoms. The van der Waals surface area contributed by atoms with Crippen molar-refractivity contribution in [3.8, 4) is 5.75 Å². The van der Waals surface area contributed by atoms with Gasteiger partial charge in [0.1, 0.15) is 5.75 Å². The van der Waals surface area contributed by atoms with Crippen LogP contribution in [0.1, 0.15) is 27.9 Å². The van der Waals surface area contributed by atoms with Crippen molar-refractivity contribution in [2.45, 2.75) is 20.3 Å². The summed E-state index contributed by atoms with van der Waals surface area (Å²) in [4.78, 5) is 40.0. The topological polar surface area (TPSA) is 63.7 Å². The number of rotatable bonds is 3. The largest absolute Gasteiger partial charge is 0.422 e. The van der Waals surface area contributed by atoms with Crippen LogP contribution in [-0.4, -0.2) is 17.8 Å². The maximum Gasteiger partial charge on any atom is 0.343 e. The number of imide groups is 1. The molecule has 1 saturated heterocycles. The van der Waals surface area contributed by atoms with Crippen LogP contribution in [0.4, 0.5) is 5.69 Å². The summed E-state index contributed by atoms with van der Waals surface area (Å²) >= 11 is 0. The number of carbonyl (C=O) groups excluding carboxylic acids is 3. The molecule has 0 unspecified atom stereocenters. The van der Waals surface area contributed by atoms with Gasteiger partial charge in [-0.1, -0.05) is 36.4 Å². The summed E-state index contributed by atoms with van der Waals surface area (Å²) in [5, 5.41) is 0. The molecule has 0 radical (unpaired) electrons. The molecule has 2 amide bonds. The first-order valence-electron chi connectivity index (χ1n) is 9.90. The molecule has 3 aliphatic rings. The van der Waals surface area contributed by atoms with Crippen LogP contribution in [0.2, 0.25) is 0 Å². The number of fused-ring (bicyclic) bond motifs is 5. The molecule has 2 aromatic rings. The molecule has 0 N–H and O–H groups in total. The maximum absolute atomic E-state index is 13.0. The van der Waals surface area contributed by atoms with Gasteiger partial charge in [0.2, 0.25) is 11.8 Å². The Morgan fingerprint density at radius 3 is 2.14 bits per heavy atom. The van der Waals surface area contributed by atoms with Gasteiger partial charge in [0, 0.05) is 0 Å². The third-order valence-electron chi connectivity index (χ3n) is 6.41. The van der Waals surface area contributed by atoms with E-state index in [2.05, 4.69) is 12.2 Å². The second kappa shape index (κ2) is 6.41. The Morgan fingerprint density at radius 2 is 1.52 bits per heavy atom. The summed E-state index contributed by atoms with van der Waals surface area (Å²) < 4.78 is 5.61. The van der Waals surface area contributed by atoms with E-state index in [0.717, 1.165) is 17.5 Å². The van der Waals surface area contributed by atoms with E-state index in [0.29, 0.717) is 17.0 Å². The summed E-state index contributed by atoms with van der Waals surface area (Å²) in [6.07, 6.45) is 5.03. The van der Waals surface area contributed by atoms with E-state index in [1.54, 1.807) is 24.3 Å². The third kappa shape index (κ3) is 2.64. The fourth-order valence-corrected chi connectivity index (χ4v) is 5.04. The SMILES string of the molecule is Cc1cccc(C)c1OC(=O)c1cccc(N2C(=O)[C@@H]3[C@@H](C2=O)[C@H]2C=C[C@H]3C2)c1. The summed E-state index contributed by atoms with van der Waals surface area (Å²) in [7, 11) is 0. The molecule has 146 valence electrons. The molecular formula is C24H21NO4. The number of hydrogen-bond donors (Lipinski definition) is 0. The highest BCUT2D eigenvalue weighted by Crippen LogP contribution is 2.53. The summed E-state index contributed by atoms with van der Waals surface area (Å²) in [6, 6.07) is 12.3. The number of ether oxygens (including phenoxy) is 1. The van der Waals surface area contributed by atoms with Crippen LogP contribution in [0.5, 0.6) is 5.75 Å². The van der Waals surface area contributed by atoms with Crippen molar-refractivity contribution in [1.82, 2.24) is 0 Å². The van der Waals surface area contributed by atoms with Crippen molar-refractivity contribution in [2.75, 3.05) is 4.90 Å². The first-order chi connectivity index (χ1) is 14.0. The molecule has 1 saturated carbocycles. The van der Waals surface area contributed by atoms with Gasteiger partial charge >= 0.3 is 5.97 Å². The molecule has 1 heterocycles. The van der Waals surface area contributed by atoms with Gasteiger partial charge in [0.05, 0.1) is 23.1 Å². The quantitative estimate of drug-likeness (QED) is 0.347. The Kier molecular flexibility index (Phi) is 3.95. The van der Waals surface area contributed by atoms with Gasteiger partial charge in [0.15, 0.2) is 0 Å². The lowest BCUT2D eigenvalue weighted by Gasteiger charge is -2.18. The van der Waals surface area contributed by atoms with Crippen molar-refractivity contribution in [1.29, 1.82) is 0 Å². The lowest BCUT2D eigenvalue weighted by Crippen LogP contribution is -2.33. The Labute approximate surface area is 169 Å². The maximum atomic E-state index is 13.0. The van der Waals surface area contributed by atoms with Crippen LogP contribution < -0.4 is 9.64 Å². The van der Waals surface area contributed by atoms with E-state index in [4.69, 9.17) is 4.74 Å². The Bertz CT molecular complexity index is 1040. The number of amides is 2. The fourth-order valence-electron chi connectivity index (χ4n) is 5.04. The summed E-state index contributed by atoms with van der Waals surface area (Å²) in [6.45, 7) is 3.77. The van der Waals surface area contributed by atoms with Crippen LogP contribution >= 0.6 is 0 Å². The zero-order chi connectivity index (χ0) is 20.3. The lowest BCUT2D eigenvalue weighted by molar-refractivity contribution is -0.123. The smallest absolute Gasteiger partial charge is 0.343 e. The minimum atomic E-state index is -0.509. The monoisotopic (exact) mass is 387 g/mol. The lowest BCUT2D eigenvalue weighted by atomic mass is 9.85. The van der Waals surface area contributed by atoms with Crippen LogP contribution in [0.25, 0.3) is 0 Å². The van der Waals surface area contributed by atoms with Crippen molar-refractivity contribution in [3.05, 3.63) is 71.3 Å². The normalized spacial score (nSPS) is 26.9. The molecule has 5 nitrogen and oxygen atoms in total. The van der Waals surface area contributed by atoms with Crippen LogP contribution in [-0.2, 0) is 9.59 Å². The Balaban J connectivity index is 1.43. The minimum absolute atomic E-state index is 0.155. The molecule has 2 aromatic carbocycles. The number of aryl methyl sites for hydroxylation is 2. The number of benzene rings is 2. The van der Waals surface area contributed by atoms with Gasteiger partial charge in [-0.3, -0.25) is 9.59 Å².